The first-order chi connectivity index (χ1) is 11.6. The van der Waals surface area contributed by atoms with Gasteiger partial charge in [-0.1, -0.05) is 18.2 Å². The Morgan fingerprint density at radius 1 is 1.08 bits per heavy atom. The Kier molecular flexibility index (Phi) is 4.91. The molecule has 0 radical (unpaired) electrons. The standard InChI is InChI=1S/C19H21N3O2/c1-22(16-6-3-2-4-7-16)19(24)14-9-11-15(12-10-14)21-18(23)17-8-5-13-20-17/h2-4,6-7,9-12,17,20H,5,8,13H2,1H3,(H,21,23)/t17-/m1/s1. The van der Waals surface area contributed by atoms with Gasteiger partial charge in [-0.2, -0.15) is 0 Å². The Balaban J connectivity index is 1.65. The second-order valence-electron chi connectivity index (χ2n) is 5.92. The molecule has 1 saturated heterocycles. The highest BCUT2D eigenvalue weighted by Gasteiger charge is 2.22. The quantitative estimate of drug-likeness (QED) is 0.909. The molecule has 124 valence electrons. The number of carbonyl (C=O) groups excluding carboxylic acids is 2. The highest BCUT2D eigenvalue weighted by molar-refractivity contribution is 6.06. The van der Waals surface area contributed by atoms with E-state index in [2.05, 4.69) is 10.6 Å². The van der Waals surface area contributed by atoms with Crippen LogP contribution in [0.5, 0.6) is 0 Å². The van der Waals surface area contributed by atoms with Gasteiger partial charge in [0.1, 0.15) is 0 Å². The lowest BCUT2D eigenvalue weighted by Crippen LogP contribution is -2.35. The molecule has 0 unspecified atom stereocenters. The van der Waals surface area contributed by atoms with E-state index in [0.717, 1.165) is 25.1 Å². The fourth-order valence-corrected chi connectivity index (χ4v) is 2.80. The van der Waals surface area contributed by atoms with Gasteiger partial charge >= 0.3 is 0 Å². The Hall–Kier alpha value is -2.66. The average Bonchev–Trinajstić information content (AvgIpc) is 3.17. The van der Waals surface area contributed by atoms with Crippen molar-refractivity contribution in [2.45, 2.75) is 18.9 Å². The van der Waals surface area contributed by atoms with E-state index >= 15 is 0 Å². The molecule has 1 atom stereocenters. The van der Waals surface area contributed by atoms with Gasteiger partial charge in [0.25, 0.3) is 5.91 Å². The summed E-state index contributed by atoms with van der Waals surface area (Å²) in [5, 5.41) is 6.05. The number of carbonyl (C=O) groups is 2. The number of nitrogens with zero attached hydrogens (tertiary/aromatic N) is 1. The third-order valence-electron chi connectivity index (χ3n) is 4.22. The monoisotopic (exact) mass is 323 g/mol. The summed E-state index contributed by atoms with van der Waals surface area (Å²) in [5.41, 5.74) is 2.12. The molecule has 1 fully saturated rings. The molecule has 2 N–H and O–H groups in total. The van der Waals surface area contributed by atoms with E-state index in [9.17, 15) is 9.59 Å². The summed E-state index contributed by atoms with van der Waals surface area (Å²) in [7, 11) is 1.75. The highest BCUT2D eigenvalue weighted by Crippen LogP contribution is 2.17. The van der Waals surface area contributed by atoms with Gasteiger partial charge in [-0.25, -0.2) is 0 Å². The lowest BCUT2D eigenvalue weighted by Gasteiger charge is -2.17. The molecule has 0 aliphatic carbocycles. The smallest absolute Gasteiger partial charge is 0.258 e. The molecule has 2 amide bonds. The lowest BCUT2D eigenvalue weighted by molar-refractivity contribution is -0.117. The molecular weight excluding hydrogens is 302 g/mol. The van der Waals surface area contributed by atoms with E-state index in [1.807, 2.05) is 30.3 Å². The first kappa shape index (κ1) is 16.2. The maximum absolute atomic E-state index is 12.5. The molecule has 3 rings (SSSR count). The summed E-state index contributed by atoms with van der Waals surface area (Å²) in [6.07, 6.45) is 1.89. The van der Waals surface area contributed by atoms with Crippen LogP contribution in [0.15, 0.2) is 54.6 Å². The number of rotatable bonds is 4. The maximum atomic E-state index is 12.5. The summed E-state index contributed by atoms with van der Waals surface area (Å²) in [6, 6.07) is 16.4. The van der Waals surface area contributed by atoms with Crippen molar-refractivity contribution < 1.29 is 9.59 Å². The van der Waals surface area contributed by atoms with E-state index in [1.165, 1.54) is 0 Å². The van der Waals surface area contributed by atoms with Crippen molar-refractivity contribution in [3.8, 4) is 0 Å². The minimum absolute atomic E-state index is 0.0204. The predicted octanol–water partition coefficient (Wildman–Crippen LogP) is 2.65. The molecule has 5 nitrogen and oxygen atoms in total. The topological polar surface area (TPSA) is 61.4 Å². The average molecular weight is 323 g/mol. The van der Waals surface area contributed by atoms with Gasteiger partial charge in [-0.15, -0.1) is 0 Å². The molecule has 1 heterocycles. The van der Waals surface area contributed by atoms with Crippen LogP contribution in [0, 0.1) is 0 Å². The zero-order valence-corrected chi connectivity index (χ0v) is 13.7. The summed E-state index contributed by atoms with van der Waals surface area (Å²) in [5.74, 6) is -0.107. The van der Waals surface area contributed by atoms with E-state index in [1.54, 1.807) is 36.2 Å². The van der Waals surface area contributed by atoms with Crippen LogP contribution in [0.25, 0.3) is 0 Å². The normalized spacial score (nSPS) is 16.6. The van der Waals surface area contributed by atoms with Crippen molar-refractivity contribution in [1.82, 2.24) is 5.32 Å². The van der Waals surface area contributed by atoms with Crippen LogP contribution in [-0.2, 0) is 4.79 Å². The van der Waals surface area contributed by atoms with Crippen LogP contribution in [0.3, 0.4) is 0 Å². The van der Waals surface area contributed by atoms with Gasteiger partial charge in [0.05, 0.1) is 6.04 Å². The van der Waals surface area contributed by atoms with Gasteiger partial charge in [0.2, 0.25) is 5.91 Å². The van der Waals surface area contributed by atoms with E-state index < -0.39 is 0 Å². The molecule has 2 aromatic rings. The molecule has 1 aliphatic rings. The number of hydrogen-bond donors (Lipinski definition) is 2. The van der Waals surface area contributed by atoms with Crippen LogP contribution >= 0.6 is 0 Å². The fraction of sp³-hybridized carbons (Fsp3) is 0.263. The van der Waals surface area contributed by atoms with Crippen molar-refractivity contribution in [2.75, 3.05) is 23.8 Å². The van der Waals surface area contributed by atoms with Crippen LogP contribution in [0.2, 0.25) is 0 Å². The van der Waals surface area contributed by atoms with E-state index in [-0.39, 0.29) is 17.9 Å². The third kappa shape index (κ3) is 3.63. The van der Waals surface area contributed by atoms with Gasteiger partial charge in [0, 0.05) is 24.0 Å². The molecule has 0 bridgehead atoms. The van der Waals surface area contributed by atoms with Crippen molar-refractivity contribution in [1.29, 1.82) is 0 Å². The number of benzene rings is 2. The second-order valence-corrected chi connectivity index (χ2v) is 5.92. The summed E-state index contributed by atoms with van der Waals surface area (Å²) < 4.78 is 0. The minimum atomic E-state index is -0.115. The summed E-state index contributed by atoms with van der Waals surface area (Å²) >= 11 is 0. The van der Waals surface area contributed by atoms with Crippen molar-refractivity contribution in [3.05, 3.63) is 60.2 Å². The highest BCUT2D eigenvalue weighted by atomic mass is 16.2. The first-order valence-electron chi connectivity index (χ1n) is 8.12. The van der Waals surface area contributed by atoms with Gasteiger partial charge in [0.15, 0.2) is 0 Å². The number of anilines is 2. The number of hydrogen-bond acceptors (Lipinski definition) is 3. The van der Waals surface area contributed by atoms with Crippen molar-refractivity contribution >= 4 is 23.2 Å². The molecule has 1 aliphatic heterocycles. The summed E-state index contributed by atoms with van der Waals surface area (Å²) in [4.78, 5) is 26.2. The Morgan fingerprint density at radius 2 is 1.79 bits per heavy atom. The maximum Gasteiger partial charge on any atom is 0.258 e. The first-order valence-corrected chi connectivity index (χ1v) is 8.12. The van der Waals surface area contributed by atoms with Crippen LogP contribution < -0.4 is 15.5 Å². The molecule has 0 spiro atoms. The van der Waals surface area contributed by atoms with Gasteiger partial charge < -0.3 is 15.5 Å². The molecule has 5 heteroatoms. The molecular formula is C19H21N3O2. The van der Waals surface area contributed by atoms with E-state index in [0.29, 0.717) is 11.3 Å². The largest absolute Gasteiger partial charge is 0.325 e. The summed E-state index contributed by atoms with van der Waals surface area (Å²) in [6.45, 7) is 0.886. The second kappa shape index (κ2) is 7.27. The Labute approximate surface area is 141 Å². The number of para-hydroxylation sites is 1. The van der Waals surface area contributed by atoms with Crippen LogP contribution in [0.4, 0.5) is 11.4 Å². The SMILES string of the molecule is CN(C(=O)c1ccc(NC(=O)[C@H]2CCCN2)cc1)c1ccccc1. The van der Waals surface area contributed by atoms with Gasteiger partial charge in [-0.05, 0) is 55.8 Å². The van der Waals surface area contributed by atoms with E-state index in [4.69, 9.17) is 0 Å². The number of nitrogens with one attached hydrogen (secondary N) is 2. The van der Waals surface area contributed by atoms with Crippen molar-refractivity contribution in [3.63, 3.8) is 0 Å². The van der Waals surface area contributed by atoms with Crippen LogP contribution in [0.1, 0.15) is 23.2 Å². The lowest BCUT2D eigenvalue weighted by atomic mass is 10.1. The van der Waals surface area contributed by atoms with Crippen LogP contribution in [-0.4, -0.2) is 31.4 Å². The van der Waals surface area contributed by atoms with Crippen molar-refractivity contribution in [2.24, 2.45) is 0 Å². The minimum Gasteiger partial charge on any atom is -0.325 e. The molecule has 0 saturated carbocycles. The zero-order chi connectivity index (χ0) is 16.9. The molecule has 0 aromatic heterocycles. The zero-order valence-electron chi connectivity index (χ0n) is 13.7. The molecule has 2 aromatic carbocycles. The predicted molar refractivity (Wildman–Crippen MR) is 95.3 cm³/mol. The fourth-order valence-electron chi connectivity index (χ4n) is 2.80. The Morgan fingerprint density at radius 3 is 2.42 bits per heavy atom. The third-order valence-corrected chi connectivity index (χ3v) is 4.22. The Bertz CT molecular complexity index is 707. The molecule has 24 heavy (non-hydrogen) atoms. The van der Waals surface area contributed by atoms with Gasteiger partial charge in [-0.3, -0.25) is 9.59 Å². The number of amides is 2.